The maximum atomic E-state index is 14.4. The minimum atomic E-state index is -0.593. The molecule has 0 atom stereocenters. The maximum absolute atomic E-state index is 14.4. The van der Waals surface area contributed by atoms with Crippen LogP contribution in [0.5, 0.6) is 0 Å². The van der Waals surface area contributed by atoms with Gasteiger partial charge in [-0.05, 0) is 29.7 Å². The standard InChI is InChI=1S/C17H16F2N4O/c18-13-4-2-1-3-11(13)15-12-9-23(17(24)22-16(20)21)8-7-10(12)5-6-14(15)19/h1-6H,7-9H2,(H4,20,21,22,24). The minimum Gasteiger partial charge on any atom is -0.370 e. The molecular weight excluding hydrogens is 314 g/mol. The first-order valence-electron chi connectivity index (χ1n) is 7.41. The van der Waals surface area contributed by atoms with Crippen molar-refractivity contribution in [2.24, 2.45) is 16.5 Å². The second-order valence-corrected chi connectivity index (χ2v) is 5.53. The van der Waals surface area contributed by atoms with Crippen LogP contribution in [0.2, 0.25) is 0 Å². The minimum absolute atomic E-state index is 0.117. The summed E-state index contributed by atoms with van der Waals surface area (Å²) in [4.78, 5) is 16.9. The van der Waals surface area contributed by atoms with Crippen molar-refractivity contribution in [2.75, 3.05) is 6.54 Å². The van der Waals surface area contributed by atoms with Gasteiger partial charge in [-0.1, -0.05) is 24.3 Å². The number of carbonyl (C=O) groups is 1. The SMILES string of the molecule is NC(N)=NC(=O)N1CCc2ccc(F)c(-c3ccccc3F)c2C1. The Morgan fingerprint density at radius 2 is 1.83 bits per heavy atom. The van der Waals surface area contributed by atoms with Crippen LogP contribution in [0.4, 0.5) is 13.6 Å². The van der Waals surface area contributed by atoms with Gasteiger partial charge in [0, 0.05) is 24.2 Å². The molecule has 2 aromatic carbocycles. The van der Waals surface area contributed by atoms with Gasteiger partial charge >= 0.3 is 6.03 Å². The predicted octanol–water partition coefficient (Wildman–Crippen LogP) is 2.38. The first-order valence-corrected chi connectivity index (χ1v) is 7.41. The monoisotopic (exact) mass is 330 g/mol. The summed E-state index contributed by atoms with van der Waals surface area (Å²) in [6.07, 6.45) is 0.517. The van der Waals surface area contributed by atoms with Crippen molar-refractivity contribution in [1.82, 2.24) is 4.90 Å². The molecule has 1 heterocycles. The van der Waals surface area contributed by atoms with Gasteiger partial charge in [-0.2, -0.15) is 4.99 Å². The number of benzene rings is 2. The number of aliphatic imine (C=N–C) groups is 1. The normalized spacial score (nSPS) is 13.3. The summed E-state index contributed by atoms with van der Waals surface area (Å²) in [5.74, 6) is -1.38. The molecule has 1 aliphatic rings. The van der Waals surface area contributed by atoms with Gasteiger partial charge in [0.2, 0.25) is 0 Å². The van der Waals surface area contributed by atoms with E-state index in [0.717, 1.165) is 5.56 Å². The summed E-state index contributed by atoms with van der Waals surface area (Å²) >= 11 is 0. The van der Waals surface area contributed by atoms with E-state index < -0.39 is 17.7 Å². The smallest absolute Gasteiger partial charge is 0.347 e. The second-order valence-electron chi connectivity index (χ2n) is 5.53. The fraction of sp³-hybridized carbons (Fsp3) is 0.176. The fourth-order valence-electron chi connectivity index (χ4n) is 2.90. The molecule has 0 spiro atoms. The molecule has 0 radical (unpaired) electrons. The summed E-state index contributed by atoms with van der Waals surface area (Å²) in [5, 5.41) is 0. The number of urea groups is 1. The molecule has 1 aliphatic heterocycles. The van der Waals surface area contributed by atoms with E-state index in [1.165, 1.54) is 23.1 Å². The van der Waals surface area contributed by atoms with Crippen molar-refractivity contribution < 1.29 is 13.6 Å². The summed E-state index contributed by atoms with van der Waals surface area (Å²) in [6, 6.07) is 8.38. The molecule has 0 bridgehead atoms. The second kappa shape index (κ2) is 6.27. The number of hydrogen-bond donors (Lipinski definition) is 2. The number of nitrogens with zero attached hydrogens (tertiary/aromatic N) is 2. The van der Waals surface area contributed by atoms with Gasteiger partial charge in [0.25, 0.3) is 0 Å². The van der Waals surface area contributed by atoms with Crippen LogP contribution in [0.15, 0.2) is 41.4 Å². The molecule has 24 heavy (non-hydrogen) atoms. The lowest BCUT2D eigenvalue weighted by atomic mass is 9.90. The number of halogens is 2. The van der Waals surface area contributed by atoms with Crippen LogP contribution in [0, 0.1) is 11.6 Å². The van der Waals surface area contributed by atoms with Crippen LogP contribution in [-0.2, 0) is 13.0 Å². The quantitative estimate of drug-likeness (QED) is 0.622. The molecule has 2 aromatic rings. The van der Waals surface area contributed by atoms with Gasteiger partial charge in [-0.15, -0.1) is 0 Å². The van der Waals surface area contributed by atoms with Crippen molar-refractivity contribution in [3.05, 3.63) is 59.2 Å². The molecule has 0 saturated heterocycles. The van der Waals surface area contributed by atoms with E-state index in [-0.39, 0.29) is 23.6 Å². The highest BCUT2D eigenvalue weighted by molar-refractivity contribution is 5.90. The number of nitrogens with two attached hydrogens (primary N) is 2. The Morgan fingerprint density at radius 3 is 2.54 bits per heavy atom. The fourth-order valence-corrected chi connectivity index (χ4v) is 2.90. The van der Waals surface area contributed by atoms with Crippen molar-refractivity contribution >= 4 is 12.0 Å². The molecule has 124 valence electrons. The van der Waals surface area contributed by atoms with Crippen LogP contribution in [0.25, 0.3) is 11.1 Å². The molecule has 2 amide bonds. The van der Waals surface area contributed by atoms with Gasteiger partial charge in [-0.25, -0.2) is 13.6 Å². The highest BCUT2D eigenvalue weighted by atomic mass is 19.1. The molecule has 0 saturated carbocycles. The molecule has 0 fully saturated rings. The first kappa shape index (κ1) is 15.9. The lowest BCUT2D eigenvalue weighted by Gasteiger charge is -2.29. The van der Waals surface area contributed by atoms with Gasteiger partial charge in [0.15, 0.2) is 5.96 Å². The number of rotatable bonds is 1. The van der Waals surface area contributed by atoms with E-state index in [1.807, 2.05) is 0 Å². The summed E-state index contributed by atoms with van der Waals surface area (Å²) in [5.41, 5.74) is 12.3. The Labute approximate surface area is 137 Å². The first-order chi connectivity index (χ1) is 11.5. The largest absolute Gasteiger partial charge is 0.370 e. The number of amides is 2. The van der Waals surface area contributed by atoms with Crippen molar-refractivity contribution in [2.45, 2.75) is 13.0 Å². The average Bonchev–Trinajstić information content (AvgIpc) is 2.54. The third kappa shape index (κ3) is 2.92. The van der Waals surface area contributed by atoms with E-state index in [1.54, 1.807) is 18.2 Å². The number of carbonyl (C=O) groups excluding carboxylic acids is 1. The highest BCUT2D eigenvalue weighted by Gasteiger charge is 2.26. The van der Waals surface area contributed by atoms with Gasteiger partial charge in [0.1, 0.15) is 11.6 Å². The number of guanidine groups is 1. The zero-order valence-corrected chi connectivity index (χ0v) is 12.8. The molecule has 0 aromatic heterocycles. The van der Waals surface area contributed by atoms with Crippen molar-refractivity contribution in [3.8, 4) is 11.1 Å². The molecule has 0 unspecified atom stereocenters. The molecule has 4 N–H and O–H groups in total. The Balaban J connectivity index is 2.07. The van der Waals surface area contributed by atoms with Crippen LogP contribution in [0.3, 0.4) is 0 Å². The zero-order chi connectivity index (χ0) is 17.3. The van der Waals surface area contributed by atoms with Gasteiger partial charge < -0.3 is 16.4 Å². The van der Waals surface area contributed by atoms with Crippen molar-refractivity contribution in [3.63, 3.8) is 0 Å². The zero-order valence-electron chi connectivity index (χ0n) is 12.8. The highest BCUT2D eigenvalue weighted by Crippen LogP contribution is 2.34. The van der Waals surface area contributed by atoms with Crippen LogP contribution in [0.1, 0.15) is 11.1 Å². The van der Waals surface area contributed by atoms with Crippen LogP contribution >= 0.6 is 0 Å². The Hall–Kier alpha value is -2.96. The van der Waals surface area contributed by atoms with Crippen LogP contribution in [-0.4, -0.2) is 23.4 Å². The van der Waals surface area contributed by atoms with Gasteiger partial charge in [0.05, 0.1) is 0 Å². The third-order valence-electron chi connectivity index (χ3n) is 4.00. The summed E-state index contributed by atoms with van der Waals surface area (Å²) in [6.45, 7) is 0.525. The van der Waals surface area contributed by atoms with E-state index in [2.05, 4.69) is 4.99 Å². The van der Waals surface area contributed by atoms with E-state index in [9.17, 15) is 13.6 Å². The molecule has 0 aliphatic carbocycles. The maximum Gasteiger partial charge on any atom is 0.347 e. The topological polar surface area (TPSA) is 84.7 Å². The predicted molar refractivity (Wildman–Crippen MR) is 87.1 cm³/mol. The molecule has 7 heteroatoms. The molecular formula is C17H16F2N4O. The molecule has 5 nitrogen and oxygen atoms in total. The van der Waals surface area contributed by atoms with E-state index in [0.29, 0.717) is 18.5 Å². The lowest BCUT2D eigenvalue weighted by molar-refractivity contribution is 0.202. The van der Waals surface area contributed by atoms with Gasteiger partial charge in [-0.3, -0.25) is 0 Å². The Morgan fingerprint density at radius 1 is 1.08 bits per heavy atom. The average molecular weight is 330 g/mol. The van der Waals surface area contributed by atoms with E-state index >= 15 is 0 Å². The number of hydrogen-bond acceptors (Lipinski definition) is 1. The number of fused-ring (bicyclic) bond motifs is 1. The molecule has 3 rings (SSSR count). The van der Waals surface area contributed by atoms with Crippen molar-refractivity contribution in [1.29, 1.82) is 0 Å². The van der Waals surface area contributed by atoms with E-state index in [4.69, 9.17) is 11.5 Å². The van der Waals surface area contributed by atoms with Crippen LogP contribution < -0.4 is 11.5 Å². The summed E-state index contributed by atoms with van der Waals surface area (Å²) in [7, 11) is 0. The lowest BCUT2D eigenvalue weighted by Crippen LogP contribution is -2.36. The Bertz CT molecular complexity index is 831. The third-order valence-corrected chi connectivity index (χ3v) is 4.00. The summed E-state index contributed by atoms with van der Waals surface area (Å²) < 4.78 is 28.6. The Kier molecular flexibility index (Phi) is 4.16.